The Morgan fingerprint density at radius 2 is 1.91 bits per heavy atom. The molecule has 0 spiro atoms. The third-order valence-corrected chi connectivity index (χ3v) is 5.76. The third-order valence-electron chi connectivity index (χ3n) is 5.76. The minimum Gasteiger partial charge on any atom is -0.497 e. The molecule has 4 aromatic rings. The molecule has 0 saturated heterocycles. The van der Waals surface area contributed by atoms with E-state index in [1.807, 2.05) is 44.2 Å². The van der Waals surface area contributed by atoms with Gasteiger partial charge >= 0.3 is 0 Å². The number of methoxy groups -OCH3 is 1. The number of aliphatic hydroxyl groups is 1. The number of hydrogen-bond acceptors (Lipinski definition) is 5. The van der Waals surface area contributed by atoms with Gasteiger partial charge in [0.25, 0.3) is 11.5 Å². The summed E-state index contributed by atoms with van der Waals surface area (Å²) in [5.41, 5.74) is 4.12. The van der Waals surface area contributed by atoms with E-state index in [1.54, 1.807) is 19.2 Å². The number of fused-ring (bicyclic) bond motifs is 1. The second kappa shape index (κ2) is 9.30. The number of hydrogen-bond donors (Lipinski definition) is 3. The number of carbonyl (C=O) groups excluding carboxylic acids is 1. The Labute approximate surface area is 190 Å². The Hall–Kier alpha value is -3.91. The first-order valence-corrected chi connectivity index (χ1v) is 10.7. The molecule has 170 valence electrons. The first kappa shape index (κ1) is 22.3. The van der Waals surface area contributed by atoms with E-state index < -0.39 is 6.04 Å². The van der Waals surface area contributed by atoms with Crippen molar-refractivity contribution in [3.8, 4) is 17.1 Å². The molecule has 0 fully saturated rings. The quantitative estimate of drug-likeness (QED) is 0.404. The molecule has 0 aliphatic rings. The lowest BCUT2D eigenvalue weighted by Gasteiger charge is -2.18. The van der Waals surface area contributed by atoms with E-state index in [0.29, 0.717) is 23.6 Å². The number of nitrogens with zero attached hydrogens (tertiary/aromatic N) is 2. The minimum atomic E-state index is -0.395. The molecule has 0 aliphatic carbocycles. The highest BCUT2D eigenvalue weighted by Crippen LogP contribution is 2.22. The monoisotopic (exact) mass is 446 g/mol. The Bertz CT molecular complexity index is 1360. The van der Waals surface area contributed by atoms with Gasteiger partial charge in [0, 0.05) is 18.4 Å². The van der Waals surface area contributed by atoms with E-state index in [2.05, 4.69) is 15.4 Å². The maximum absolute atomic E-state index is 13.0. The zero-order valence-corrected chi connectivity index (χ0v) is 18.8. The number of ether oxygens (including phenoxy) is 1. The molecule has 3 N–H and O–H groups in total. The van der Waals surface area contributed by atoms with E-state index in [4.69, 9.17) is 4.74 Å². The van der Waals surface area contributed by atoms with Crippen molar-refractivity contribution in [2.75, 3.05) is 13.7 Å². The number of carbonyl (C=O) groups is 1. The molecule has 1 unspecified atom stereocenters. The molecule has 2 heterocycles. The van der Waals surface area contributed by atoms with Gasteiger partial charge in [-0.15, -0.1) is 5.10 Å². The van der Waals surface area contributed by atoms with Crippen molar-refractivity contribution in [3.05, 3.63) is 87.3 Å². The fraction of sp³-hybridized carbons (Fsp3) is 0.240. The average molecular weight is 447 g/mol. The van der Waals surface area contributed by atoms with E-state index in [9.17, 15) is 14.7 Å². The molecule has 2 aromatic carbocycles. The van der Waals surface area contributed by atoms with Crippen LogP contribution in [0.4, 0.5) is 0 Å². The molecule has 8 heteroatoms. The number of aryl methyl sites for hydroxylation is 2. The predicted molar refractivity (Wildman–Crippen MR) is 126 cm³/mol. The zero-order valence-electron chi connectivity index (χ0n) is 18.8. The van der Waals surface area contributed by atoms with Crippen LogP contribution in [-0.4, -0.2) is 39.3 Å². The van der Waals surface area contributed by atoms with Crippen LogP contribution in [0.3, 0.4) is 0 Å². The first-order valence-electron chi connectivity index (χ1n) is 10.7. The maximum Gasteiger partial charge on any atom is 0.275 e. The van der Waals surface area contributed by atoms with Crippen LogP contribution in [-0.2, 0) is 0 Å². The summed E-state index contributed by atoms with van der Waals surface area (Å²) in [5.74, 6) is 0.771. The van der Waals surface area contributed by atoms with Gasteiger partial charge in [-0.25, -0.2) is 4.52 Å². The van der Waals surface area contributed by atoms with Gasteiger partial charge in [-0.3, -0.25) is 9.59 Å². The van der Waals surface area contributed by atoms with Gasteiger partial charge in [0.2, 0.25) is 0 Å². The van der Waals surface area contributed by atoms with Crippen LogP contribution in [0.2, 0.25) is 0 Å². The van der Waals surface area contributed by atoms with Crippen molar-refractivity contribution in [3.63, 3.8) is 0 Å². The fourth-order valence-electron chi connectivity index (χ4n) is 3.68. The molecule has 0 radical (unpaired) electrons. The highest BCUT2D eigenvalue weighted by atomic mass is 16.5. The molecule has 8 nitrogen and oxygen atoms in total. The fourth-order valence-corrected chi connectivity index (χ4v) is 3.68. The number of aliphatic hydroxyl groups excluding tert-OH is 1. The van der Waals surface area contributed by atoms with Crippen LogP contribution >= 0.6 is 0 Å². The number of H-pyrrole nitrogens is 1. The first-order chi connectivity index (χ1) is 15.9. The van der Waals surface area contributed by atoms with Gasteiger partial charge in [-0.05, 0) is 61.2 Å². The number of aromatic amines is 1. The SMILES string of the molecule is COc1ccc(C(CCO)NC(=O)c2cc3c(=O)[nH]c(-c4ccc(C)c(C)c4)nn3c2)cc1. The van der Waals surface area contributed by atoms with Gasteiger partial charge in [-0.2, -0.15) is 0 Å². The van der Waals surface area contributed by atoms with Crippen molar-refractivity contribution >= 4 is 11.4 Å². The lowest BCUT2D eigenvalue weighted by atomic mass is 10.0. The van der Waals surface area contributed by atoms with Crippen molar-refractivity contribution in [2.45, 2.75) is 26.3 Å². The van der Waals surface area contributed by atoms with Crippen LogP contribution in [0.1, 0.15) is 39.5 Å². The van der Waals surface area contributed by atoms with Gasteiger partial charge in [-0.1, -0.05) is 24.3 Å². The molecule has 0 bridgehead atoms. The lowest BCUT2D eigenvalue weighted by Crippen LogP contribution is -2.29. The van der Waals surface area contributed by atoms with Crippen LogP contribution in [0.15, 0.2) is 59.5 Å². The van der Waals surface area contributed by atoms with Gasteiger partial charge in [0.15, 0.2) is 5.82 Å². The van der Waals surface area contributed by atoms with Gasteiger partial charge < -0.3 is 20.1 Å². The number of benzene rings is 2. The lowest BCUT2D eigenvalue weighted by molar-refractivity contribution is 0.0930. The van der Waals surface area contributed by atoms with E-state index >= 15 is 0 Å². The predicted octanol–water partition coefficient (Wildman–Crippen LogP) is 3.17. The summed E-state index contributed by atoms with van der Waals surface area (Å²) < 4.78 is 6.60. The van der Waals surface area contributed by atoms with Crippen LogP contribution in [0.5, 0.6) is 5.75 Å². The van der Waals surface area contributed by atoms with Gasteiger partial charge in [0.1, 0.15) is 11.3 Å². The van der Waals surface area contributed by atoms with E-state index in [1.165, 1.54) is 16.8 Å². The highest BCUT2D eigenvalue weighted by Gasteiger charge is 2.18. The number of aromatic nitrogens is 3. The molecule has 1 amide bonds. The molecular weight excluding hydrogens is 420 g/mol. The normalized spacial score (nSPS) is 12.0. The Morgan fingerprint density at radius 3 is 2.58 bits per heavy atom. The number of rotatable bonds is 7. The Morgan fingerprint density at radius 1 is 1.15 bits per heavy atom. The Kier molecular flexibility index (Phi) is 6.28. The van der Waals surface area contributed by atoms with Crippen molar-refractivity contribution in [1.29, 1.82) is 0 Å². The van der Waals surface area contributed by atoms with E-state index in [0.717, 1.165) is 22.3 Å². The van der Waals surface area contributed by atoms with Gasteiger partial charge in [0.05, 0.1) is 18.7 Å². The second-order valence-electron chi connectivity index (χ2n) is 7.97. The largest absolute Gasteiger partial charge is 0.497 e. The molecule has 0 saturated carbocycles. The van der Waals surface area contributed by atoms with Crippen LogP contribution in [0, 0.1) is 13.8 Å². The van der Waals surface area contributed by atoms with Crippen molar-refractivity contribution < 1.29 is 14.6 Å². The Balaban J connectivity index is 1.62. The van der Waals surface area contributed by atoms with Crippen molar-refractivity contribution in [1.82, 2.24) is 19.9 Å². The highest BCUT2D eigenvalue weighted by molar-refractivity contribution is 5.95. The number of nitrogens with one attached hydrogen (secondary N) is 2. The maximum atomic E-state index is 13.0. The molecular formula is C25H26N4O4. The summed E-state index contributed by atoms with van der Waals surface area (Å²) in [6.07, 6.45) is 1.88. The zero-order chi connectivity index (χ0) is 23.5. The average Bonchev–Trinajstić information content (AvgIpc) is 3.26. The summed E-state index contributed by atoms with van der Waals surface area (Å²) in [6, 6.07) is 14.2. The number of amides is 1. The summed E-state index contributed by atoms with van der Waals surface area (Å²) in [4.78, 5) is 28.4. The minimum absolute atomic E-state index is 0.0880. The van der Waals surface area contributed by atoms with Crippen LogP contribution < -0.4 is 15.6 Å². The molecule has 33 heavy (non-hydrogen) atoms. The topological polar surface area (TPSA) is 109 Å². The van der Waals surface area contributed by atoms with Crippen LogP contribution in [0.25, 0.3) is 16.9 Å². The summed E-state index contributed by atoms with van der Waals surface area (Å²) >= 11 is 0. The standard InChI is InChI=1S/C25H26N4O4/c1-15-4-5-18(12-16(15)2)23-27-25(32)22-13-19(14-29(22)28-23)24(31)26-21(10-11-30)17-6-8-20(33-3)9-7-17/h4-9,12-14,21,30H,10-11H2,1-3H3,(H,26,31)(H,27,28,32). The molecule has 1 atom stereocenters. The van der Waals surface area contributed by atoms with Crippen molar-refractivity contribution in [2.24, 2.45) is 0 Å². The summed E-state index contributed by atoms with van der Waals surface area (Å²) in [7, 11) is 1.58. The molecule has 4 rings (SSSR count). The second-order valence-corrected chi connectivity index (χ2v) is 7.97. The molecule has 2 aromatic heterocycles. The van der Waals surface area contributed by atoms with E-state index in [-0.39, 0.29) is 23.6 Å². The third kappa shape index (κ3) is 4.65. The summed E-state index contributed by atoms with van der Waals surface area (Å²) in [6.45, 7) is 3.93. The smallest absolute Gasteiger partial charge is 0.275 e. The molecule has 0 aliphatic heterocycles. The summed E-state index contributed by atoms with van der Waals surface area (Å²) in [5, 5.41) is 16.9.